The Morgan fingerprint density at radius 1 is 0.886 bits per heavy atom. The van der Waals surface area contributed by atoms with Crippen molar-refractivity contribution < 1.29 is 14.7 Å². The molecule has 1 aromatic carbocycles. The summed E-state index contributed by atoms with van der Waals surface area (Å²) in [6, 6.07) is 6.18. The molecule has 0 saturated heterocycles. The highest BCUT2D eigenvalue weighted by Crippen LogP contribution is 2.13. The summed E-state index contributed by atoms with van der Waals surface area (Å²) < 4.78 is 0. The molecule has 0 radical (unpaired) electrons. The van der Waals surface area contributed by atoms with E-state index in [4.69, 9.17) is 5.73 Å². The van der Waals surface area contributed by atoms with Crippen molar-refractivity contribution in [3.8, 4) is 5.75 Å². The van der Waals surface area contributed by atoms with Gasteiger partial charge in [0.15, 0.2) is 0 Å². The molecule has 8 nitrogen and oxygen atoms in total. The monoisotopic (exact) mass is 491 g/mol. The summed E-state index contributed by atoms with van der Waals surface area (Å²) in [5.41, 5.74) is 6.28. The Morgan fingerprint density at radius 3 is 2.26 bits per heavy atom. The van der Waals surface area contributed by atoms with Gasteiger partial charge in [-0.15, -0.1) is 0 Å². The Kier molecular flexibility index (Phi) is 18.7. The van der Waals surface area contributed by atoms with Crippen LogP contribution >= 0.6 is 0 Å². The standard InChI is InChI=1S/C27H49N5O3/c1-2-3-4-5-6-14-26(34)32-25(22-23-12-9-13-24(33)21-23)27(35)31-20-11-19-30-17-8-7-16-29-18-10-15-28/h9,12-13,21,25,29-30,33H,2-8,10-11,14-20,22,28H2,1H3,(H,31,35)(H,32,34)/t25-/m0/s1. The lowest BCUT2D eigenvalue weighted by atomic mass is 10.0. The van der Waals surface area contributed by atoms with Gasteiger partial charge in [-0.1, -0.05) is 44.7 Å². The van der Waals surface area contributed by atoms with E-state index in [1.807, 2.05) is 6.07 Å². The van der Waals surface area contributed by atoms with Gasteiger partial charge in [-0.05, 0) is 82.5 Å². The molecular formula is C27H49N5O3. The lowest BCUT2D eigenvalue weighted by Crippen LogP contribution is -2.48. The molecule has 0 aromatic heterocycles. The van der Waals surface area contributed by atoms with Crippen LogP contribution in [0.5, 0.6) is 5.75 Å². The number of unbranched alkanes of at least 4 members (excludes halogenated alkanes) is 5. The van der Waals surface area contributed by atoms with Crippen LogP contribution in [-0.2, 0) is 16.0 Å². The number of aromatic hydroxyl groups is 1. The van der Waals surface area contributed by atoms with E-state index < -0.39 is 6.04 Å². The molecule has 1 atom stereocenters. The Hall–Kier alpha value is -2.16. The number of carbonyl (C=O) groups excluding carboxylic acids is 2. The zero-order chi connectivity index (χ0) is 25.6. The van der Waals surface area contributed by atoms with E-state index in [1.54, 1.807) is 18.2 Å². The van der Waals surface area contributed by atoms with Crippen LogP contribution in [0.2, 0.25) is 0 Å². The molecule has 35 heavy (non-hydrogen) atoms. The first-order chi connectivity index (χ1) is 17.1. The molecule has 1 rings (SSSR count). The molecule has 0 heterocycles. The first kappa shape index (κ1) is 30.9. The van der Waals surface area contributed by atoms with Crippen LogP contribution in [0.1, 0.15) is 76.7 Å². The minimum Gasteiger partial charge on any atom is -0.508 e. The second kappa shape index (κ2) is 21.1. The van der Waals surface area contributed by atoms with E-state index in [-0.39, 0.29) is 17.6 Å². The van der Waals surface area contributed by atoms with E-state index >= 15 is 0 Å². The third kappa shape index (κ3) is 17.0. The normalized spacial score (nSPS) is 11.8. The molecule has 200 valence electrons. The van der Waals surface area contributed by atoms with Gasteiger partial charge in [-0.3, -0.25) is 9.59 Å². The second-order valence-corrected chi connectivity index (χ2v) is 9.15. The molecule has 0 spiro atoms. The fraction of sp³-hybridized carbons (Fsp3) is 0.704. The molecule has 1 aromatic rings. The van der Waals surface area contributed by atoms with Crippen molar-refractivity contribution in [2.24, 2.45) is 5.73 Å². The molecule has 7 N–H and O–H groups in total. The van der Waals surface area contributed by atoms with Crippen LogP contribution in [0.4, 0.5) is 0 Å². The topological polar surface area (TPSA) is 129 Å². The zero-order valence-corrected chi connectivity index (χ0v) is 21.7. The number of phenols is 1. The molecule has 0 saturated carbocycles. The summed E-state index contributed by atoms with van der Waals surface area (Å²) >= 11 is 0. The number of rotatable bonds is 22. The number of nitrogens with two attached hydrogens (primary N) is 1. The minimum atomic E-state index is -0.653. The van der Waals surface area contributed by atoms with Crippen LogP contribution in [0.25, 0.3) is 0 Å². The van der Waals surface area contributed by atoms with Crippen LogP contribution in [0.3, 0.4) is 0 Å². The molecule has 0 aliphatic carbocycles. The maximum Gasteiger partial charge on any atom is 0.242 e. The predicted octanol–water partition coefficient (Wildman–Crippen LogP) is 2.59. The number of hydrogen-bond donors (Lipinski definition) is 6. The summed E-state index contributed by atoms with van der Waals surface area (Å²) in [6.07, 6.45) is 10.2. The quantitative estimate of drug-likeness (QED) is 0.138. The minimum absolute atomic E-state index is 0.0963. The Balaban J connectivity index is 2.33. The van der Waals surface area contributed by atoms with Crippen molar-refractivity contribution in [3.63, 3.8) is 0 Å². The Morgan fingerprint density at radius 2 is 1.57 bits per heavy atom. The van der Waals surface area contributed by atoms with Crippen LogP contribution in [-0.4, -0.2) is 62.2 Å². The molecule has 2 amide bonds. The van der Waals surface area contributed by atoms with Gasteiger partial charge in [-0.25, -0.2) is 0 Å². The smallest absolute Gasteiger partial charge is 0.242 e. The lowest BCUT2D eigenvalue weighted by molar-refractivity contribution is -0.129. The van der Waals surface area contributed by atoms with Gasteiger partial charge >= 0.3 is 0 Å². The number of hydrogen-bond acceptors (Lipinski definition) is 6. The first-order valence-electron chi connectivity index (χ1n) is 13.5. The van der Waals surface area contributed by atoms with Crippen molar-refractivity contribution in [1.29, 1.82) is 0 Å². The van der Waals surface area contributed by atoms with Gasteiger partial charge in [0.25, 0.3) is 0 Å². The molecule has 0 aliphatic heterocycles. The maximum atomic E-state index is 12.8. The van der Waals surface area contributed by atoms with Crippen molar-refractivity contribution in [1.82, 2.24) is 21.3 Å². The van der Waals surface area contributed by atoms with Crippen LogP contribution in [0, 0.1) is 0 Å². The summed E-state index contributed by atoms with van der Waals surface area (Å²) in [4.78, 5) is 25.3. The third-order valence-corrected chi connectivity index (χ3v) is 5.85. The van der Waals surface area contributed by atoms with E-state index in [1.165, 1.54) is 12.8 Å². The zero-order valence-electron chi connectivity index (χ0n) is 21.7. The average molecular weight is 492 g/mol. The van der Waals surface area contributed by atoms with E-state index in [0.29, 0.717) is 19.4 Å². The largest absolute Gasteiger partial charge is 0.508 e. The van der Waals surface area contributed by atoms with E-state index in [9.17, 15) is 14.7 Å². The summed E-state index contributed by atoms with van der Waals surface area (Å²) in [7, 11) is 0. The molecule has 0 aliphatic rings. The van der Waals surface area contributed by atoms with Crippen molar-refractivity contribution in [3.05, 3.63) is 29.8 Å². The third-order valence-electron chi connectivity index (χ3n) is 5.85. The number of amides is 2. The predicted molar refractivity (Wildman–Crippen MR) is 143 cm³/mol. The van der Waals surface area contributed by atoms with Gasteiger partial charge < -0.3 is 32.1 Å². The van der Waals surface area contributed by atoms with Crippen LogP contribution in [0.15, 0.2) is 24.3 Å². The van der Waals surface area contributed by atoms with E-state index in [0.717, 1.165) is 83.2 Å². The Bertz CT molecular complexity index is 687. The van der Waals surface area contributed by atoms with Gasteiger partial charge in [0.05, 0.1) is 0 Å². The van der Waals surface area contributed by atoms with Crippen molar-refractivity contribution >= 4 is 11.8 Å². The fourth-order valence-corrected chi connectivity index (χ4v) is 3.81. The maximum absolute atomic E-state index is 12.8. The fourth-order valence-electron chi connectivity index (χ4n) is 3.81. The number of benzene rings is 1. The summed E-state index contributed by atoms with van der Waals surface area (Å²) in [6.45, 7) is 7.24. The van der Waals surface area contributed by atoms with E-state index in [2.05, 4.69) is 28.2 Å². The molecular weight excluding hydrogens is 442 g/mol. The highest BCUT2D eigenvalue weighted by atomic mass is 16.3. The number of carbonyl (C=O) groups is 2. The number of nitrogens with one attached hydrogen (secondary N) is 4. The molecule has 0 bridgehead atoms. The average Bonchev–Trinajstić information content (AvgIpc) is 2.84. The molecule has 0 fully saturated rings. The van der Waals surface area contributed by atoms with Crippen LogP contribution < -0.4 is 27.0 Å². The molecule has 8 heteroatoms. The highest BCUT2D eigenvalue weighted by Gasteiger charge is 2.21. The van der Waals surface area contributed by atoms with Crippen molar-refractivity contribution in [2.45, 2.75) is 83.6 Å². The highest BCUT2D eigenvalue weighted by molar-refractivity contribution is 5.87. The van der Waals surface area contributed by atoms with Gasteiger partial charge in [0.1, 0.15) is 11.8 Å². The second-order valence-electron chi connectivity index (χ2n) is 9.15. The van der Waals surface area contributed by atoms with Gasteiger partial charge in [0.2, 0.25) is 11.8 Å². The first-order valence-corrected chi connectivity index (χ1v) is 13.5. The lowest BCUT2D eigenvalue weighted by Gasteiger charge is -2.19. The van der Waals surface area contributed by atoms with Crippen molar-refractivity contribution in [2.75, 3.05) is 39.3 Å². The Labute approximate surface area is 212 Å². The number of phenolic OH excluding ortho intramolecular Hbond substituents is 1. The summed E-state index contributed by atoms with van der Waals surface area (Å²) in [5, 5.41) is 22.4. The molecule has 0 unspecified atom stereocenters. The van der Waals surface area contributed by atoms with Gasteiger partial charge in [-0.2, -0.15) is 0 Å². The van der Waals surface area contributed by atoms with Gasteiger partial charge in [0, 0.05) is 19.4 Å². The summed E-state index contributed by atoms with van der Waals surface area (Å²) in [5.74, 6) is -0.126. The SMILES string of the molecule is CCCCCCCC(=O)N[C@@H](Cc1cccc(O)c1)C(=O)NCCCNCCCCNCCCN.